The first-order valence-electron chi connectivity index (χ1n) is 7.57. The van der Waals surface area contributed by atoms with Crippen molar-refractivity contribution < 1.29 is 18.0 Å². The molecule has 1 aromatic heterocycles. The van der Waals surface area contributed by atoms with Gasteiger partial charge in [0.1, 0.15) is 11.5 Å². The Labute approximate surface area is 138 Å². The number of benzene rings is 1. The summed E-state index contributed by atoms with van der Waals surface area (Å²) in [7, 11) is 0. The van der Waals surface area contributed by atoms with Gasteiger partial charge in [-0.1, -0.05) is 30.3 Å². The number of halogens is 3. The first-order chi connectivity index (χ1) is 11.3. The Morgan fingerprint density at radius 3 is 2.50 bits per heavy atom. The molecule has 0 bridgehead atoms. The highest BCUT2D eigenvalue weighted by Gasteiger charge is 2.33. The van der Waals surface area contributed by atoms with Crippen molar-refractivity contribution in [2.24, 2.45) is 0 Å². The number of nitrogens with one attached hydrogen (secondary N) is 1. The fourth-order valence-corrected chi connectivity index (χ4v) is 2.19. The number of aromatic nitrogens is 2. The van der Waals surface area contributed by atoms with E-state index in [0.717, 1.165) is 11.6 Å². The van der Waals surface area contributed by atoms with Crippen LogP contribution in [0, 0.1) is 6.92 Å². The van der Waals surface area contributed by atoms with Crippen LogP contribution in [0.5, 0.6) is 0 Å². The van der Waals surface area contributed by atoms with Gasteiger partial charge >= 0.3 is 6.18 Å². The van der Waals surface area contributed by atoms with Crippen molar-refractivity contribution in [2.75, 3.05) is 6.54 Å². The van der Waals surface area contributed by atoms with Gasteiger partial charge in [-0.2, -0.15) is 13.2 Å². The van der Waals surface area contributed by atoms with Crippen molar-refractivity contribution in [1.29, 1.82) is 0 Å². The lowest BCUT2D eigenvalue weighted by Gasteiger charge is -2.09. The lowest BCUT2D eigenvalue weighted by atomic mass is 10.1. The molecule has 0 radical (unpaired) electrons. The van der Waals surface area contributed by atoms with Crippen LogP contribution >= 0.6 is 0 Å². The van der Waals surface area contributed by atoms with Crippen LogP contribution < -0.4 is 5.32 Å². The summed E-state index contributed by atoms with van der Waals surface area (Å²) >= 11 is 0. The minimum Gasteiger partial charge on any atom is -0.356 e. The van der Waals surface area contributed by atoms with E-state index in [-0.39, 0.29) is 30.4 Å². The summed E-state index contributed by atoms with van der Waals surface area (Å²) in [6, 6.07) is 10.5. The van der Waals surface area contributed by atoms with E-state index in [2.05, 4.69) is 15.3 Å². The third-order valence-electron chi connectivity index (χ3n) is 3.35. The van der Waals surface area contributed by atoms with Gasteiger partial charge in [0.15, 0.2) is 0 Å². The molecule has 0 saturated heterocycles. The van der Waals surface area contributed by atoms with E-state index in [0.29, 0.717) is 12.8 Å². The van der Waals surface area contributed by atoms with Crippen LogP contribution in [0.25, 0.3) is 0 Å². The zero-order valence-corrected chi connectivity index (χ0v) is 13.2. The van der Waals surface area contributed by atoms with Crippen molar-refractivity contribution in [1.82, 2.24) is 15.3 Å². The van der Waals surface area contributed by atoms with E-state index in [9.17, 15) is 18.0 Å². The van der Waals surface area contributed by atoms with Gasteiger partial charge < -0.3 is 5.32 Å². The fraction of sp³-hybridized carbons (Fsp3) is 0.353. The Hall–Kier alpha value is -2.44. The first-order valence-corrected chi connectivity index (χ1v) is 7.57. The molecule has 0 fully saturated rings. The second-order valence-electron chi connectivity index (χ2n) is 5.39. The maximum atomic E-state index is 12.7. The molecule has 0 aliphatic carbocycles. The molecule has 1 amide bonds. The van der Waals surface area contributed by atoms with Crippen molar-refractivity contribution in [3.05, 3.63) is 59.2 Å². The van der Waals surface area contributed by atoms with Gasteiger partial charge in [0.2, 0.25) is 5.91 Å². The minimum atomic E-state index is -4.50. The highest BCUT2D eigenvalue weighted by Crippen LogP contribution is 2.27. The zero-order valence-electron chi connectivity index (χ0n) is 13.2. The van der Waals surface area contributed by atoms with Crippen LogP contribution in [-0.4, -0.2) is 22.4 Å². The molecular weight excluding hydrogens is 319 g/mol. The van der Waals surface area contributed by atoms with Gasteiger partial charge in [-0.25, -0.2) is 9.97 Å². The van der Waals surface area contributed by atoms with E-state index in [1.54, 1.807) is 0 Å². The van der Waals surface area contributed by atoms with Crippen LogP contribution in [-0.2, 0) is 23.8 Å². The maximum absolute atomic E-state index is 12.7. The van der Waals surface area contributed by atoms with Gasteiger partial charge in [-0.15, -0.1) is 0 Å². The molecule has 0 atom stereocenters. The molecule has 24 heavy (non-hydrogen) atoms. The third kappa shape index (κ3) is 5.64. The lowest BCUT2D eigenvalue weighted by molar-refractivity contribution is -0.141. The minimum absolute atomic E-state index is 0.0747. The molecule has 0 aliphatic heterocycles. The van der Waals surface area contributed by atoms with Crippen molar-refractivity contribution in [3.63, 3.8) is 0 Å². The van der Waals surface area contributed by atoms with Gasteiger partial charge in [0.25, 0.3) is 0 Å². The van der Waals surface area contributed by atoms with Crippen molar-refractivity contribution in [3.8, 4) is 0 Å². The standard InChI is InChI=1S/C17H18F3N3O/c1-12-11-14(17(18,19)20)23-15(22-12)9-10-21-16(24)8-7-13-5-3-2-4-6-13/h2-6,11H,7-10H2,1H3,(H,21,24). The molecular formula is C17H18F3N3O. The molecule has 0 spiro atoms. The summed E-state index contributed by atoms with van der Waals surface area (Å²) < 4.78 is 38.1. The average molecular weight is 337 g/mol. The van der Waals surface area contributed by atoms with Crippen molar-refractivity contribution >= 4 is 5.91 Å². The number of hydrogen-bond donors (Lipinski definition) is 1. The molecule has 2 rings (SSSR count). The van der Waals surface area contributed by atoms with Crippen LogP contribution in [0.2, 0.25) is 0 Å². The van der Waals surface area contributed by atoms with E-state index < -0.39 is 11.9 Å². The molecule has 0 saturated carbocycles. The number of aryl methyl sites for hydroxylation is 2. The van der Waals surface area contributed by atoms with Gasteiger partial charge in [0.05, 0.1) is 0 Å². The van der Waals surface area contributed by atoms with Gasteiger partial charge in [-0.3, -0.25) is 4.79 Å². The average Bonchev–Trinajstić information content (AvgIpc) is 2.52. The molecule has 0 aliphatic rings. The molecule has 0 unspecified atom stereocenters. The molecule has 2 aromatic rings. The van der Waals surface area contributed by atoms with Crippen LogP contribution in [0.15, 0.2) is 36.4 Å². The Morgan fingerprint density at radius 2 is 1.83 bits per heavy atom. The van der Waals surface area contributed by atoms with Crippen LogP contribution in [0.1, 0.15) is 29.2 Å². The topological polar surface area (TPSA) is 54.9 Å². The molecule has 1 heterocycles. The second-order valence-corrected chi connectivity index (χ2v) is 5.39. The van der Waals surface area contributed by atoms with E-state index in [4.69, 9.17) is 0 Å². The summed E-state index contributed by atoms with van der Waals surface area (Å²) in [5, 5.41) is 2.68. The highest BCUT2D eigenvalue weighted by molar-refractivity contribution is 5.76. The summed E-state index contributed by atoms with van der Waals surface area (Å²) in [5.74, 6) is -0.0757. The fourth-order valence-electron chi connectivity index (χ4n) is 2.19. The molecule has 1 N–H and O–H groups in total. The quantitative estimate of drug-likeness (QED) is 0.881. The number of carbonyl (C=O) groups excluding carboxylic acids is 1. The predicted molar refractivity (Wildman–Crippen MR) is 83.2 cm³/mol. The maximum Gasteiger partial charge on any atom is 0.433 e. The van der Waals surface area contributed by atoms with E-state index in [1.807, 2.05) is 30.3 Å². The molecule has 128 valence electrons. The summed E-state index contributed by atoms with van der Waals surface area (Å²) in [5.41, 5.74) is 0.354. The normalized spacial score (nSPS) is 11.3. The zero-order chi connectivity index (χ0) is 17.6. The number of hydrogen-bond acceptors (Lipinski definition) is 3. The third-order valence-corrected chi connectivity index (χ3v) is 3.35. The summed E-state index contributed by atoms with van der Waals surface area (Å²) in [6.45, 7) is 1.69. The first kappa shape index (κ1) is 17.9. The predicted octanol–water partition coefficient (Wildman–Crippen LogP) is 3.10. The van der Waals surface area contributed by atoms with Crippen LogP contribution in [0.4, 0.5) is 13.2 Å². The molecule has 1 aromatic carbocycles. The number of alkyl halides is 3. The van der Waals surface area contributed by atoms with Crippen LogP contribution in [0.3, 0.4) is 0 Å². The summed E-state index contributed by atoms with van der Waals surface area (Å²) in [4.78, 5) is 19.3. The molecule has 7 heteroatoms. The second kappa shape index (κ2) is 7.90. The Balaban J connectivity index is 1.81. The number of carbonyl (C=O) groups is 1. The van der Waals surface area contributed by atoms with Gasteiger partial charge in [0, 0.05) is 25.1 Å². The molecule has 4 nitrogen and oxygen atoms in total. The summed E-state index contributed by atoms with van der Waals surface area (Å²) in [6.07, 6.45) is -3.40. The smallest absolute Gasteiger partial charge is 0.356 e. The van der Waals surface area contributed by atoms with Crippen molar-refractivity contribution in [2.45, 2.75) is 32.4 Å². The number of nitrogens with zero attached hydrogens (tertiary/aromatic N) is 2. The Kier molecular flexibility index (Phi) is 5.89. The SMILES string of the molecule is Cc1cc(C(F)(F)F)nc(CCNC(=O)CCc2ccccc2)n1. The van der Waals surface area contributed by atoms with Gasteiger partial charge in [-0.05, 0) is 25.0 Å². The largest absolute Gasteiger partial charge is 0.433 e. The number of amides is 1. The van der Waals surface area contributed by atoms with E-state index in [1.165, 1.54) is 6.92 Å². The number of rotatable bonds is 6. The lowest BCUT2D eigenvalue weighted by Crippen LogP contribution is -2.26. The Morgan fingerprint density at radius 1 is 1.12 bits per heavy atom. The Bertz CT molecular complexity index is 687. The highest BCUT2D eigenvalue weighted by atomic mass is 19.4. The van der Waals surface area contributed by atoms with E-state index >= 15 is 0 Å². The monoisotopic (exact) mass is 337 g/mol.